The molecule has 0 spiro atoms. The van der Waals surface area contributed by atoms with Gasteiger partial charge in [-0.1, -0.05) is 45.9 Å². The van der Waals surface area contributed by atoms with E-state index in [1.807, 2.05) is 12.1 Å². The number of hydrogen-bond acceptors (Lipinski definition) is 2. The van der Waals surface area contributed by atoms with Crippen molar-refractivity contribution in [1.82, 2.24) is 0 Å². The SMILES string of the molecule is NCCc1ccc(Br)cc1Sc1ccccc1Br. The van der Waals surface area contributed by atoms with Crippen molar-refractivity contribution in [2.24, 2.45) is 5.73 Å². The lowest BCUT2D eigenvalue weighted by atomic mass is 10.1. The van der Waals surface area contributed by atoms with Crippen LogP contribution in [0.5, 0.6) is 0 Å². The third-order valence-electron chi connectivity index (χ3n) is 2.50. The maximum atomic E-state index is 5.66. The largest absolute Gasteiger partial charge is 0.330 e. The minimum atomic E-state index is 0.672. The summed E-state index contributed by atoms with van der Waals surface area (Å²) in [6.45, 7) is 0.672. The summed E-state index contributed by atoms with van der Waals surface area (Å²) in [5.74, 6) is 0. The topological polar surface area (TPSA) is 26.0 Å². The molecule has 0 saturated carbocycles. The summed E-state index contributed by atoms with van der Waals surface area (Å²) in [5, 5.41) is 0. The van der Waals surface area contributed by atoms with Gasteiger partial charge in [-0.25, -0.2) is 0 Å². The molecule has 0 saturated heterocycles. The van der Waals surface area contributed by atoms with Gasteiger partial charge in [-0.3, -0.25) is 0 Å². The van der Waals surface area contributed by atoms with E-state index >= 15 is 0 Å². The molecule has 0 aromatic heterocycles. The van der Waals surface area contributed by atoms with Crippen molar-refractivity contribution in [3.63, 3.8) is 0 Å². The van der Waals surface area contributed by atoms with Crippen molar-refractivity contribution in [3.8, 4) is 0 Å². The molecule has 2 N–H and O–H groups in total. The van der Waals surface area contributed by atoms with Crippen LogP contribution >= 0.6 is 43.6 Å². The molecule has 0 aliphatic heterocycles. The molecule has 0 unspecified atom stereocenters. The highest BCUT2D eigenvalue weighted by Gasteiger charge is 2.07. The maximum Gasteiger partial charge on any atom is 0.0314 e. The summed E-state index contributed by atoms with van der Waals surface area (Å²) < 4.78 is 2.21. The zero-order valence-electron chi connectivity index (χ0n) is 9.70. The number of benzene rings is 2. The average Bonchev–Trinajstić information content (AvgIpc) is 2.36. The van der Waals surface area contributed by atoms with Crippen LogP contribution in [0, 0.1) is 0 Å². The van der Waals surface area contributed by atoms with Crippen molar-refractivity contribution in [2.45, 2.75) is 16.2 Å². The van der Waals surface area contributed by atoms with Crippen molar-refractivity contribution >= 4 is 43.6 Å². The molecule has 0 radical (unpaired) electrons. The molecule has 1 nitrogen and oxygen atoms in total. The zero-order valence-corrected chi connectivity index (χ0v) is 13.7. The van der Waals surface area contributed by atoms with Crippen LogP contribution in [-0.2, 0) is 6.42 Å². The first kappa shape index (κ1) is 14.1. The molecule has 0 aliphatic carbocycles. The van der Waals surface area contributed by atoms with E-state index in [2.05, 4.69) is 62.2 Å². The molecule has 2 aromatic rings. The average molecular weight is 387 g/mol. The Bertz CT molecular complexity index is 543. The predicted octanol–water partition coefficient (Wildman–Crippen LogP) is 4.86. The van der Waals surface area contributed by atoms with Gasteiger partial charge in [-0.2, -0.15) is 0 Å². The Morgan fingerprint density at radius 3 is 2.50 bits per heavy atom. The van der Waals surface area contributed by atoms with Crippen LogP contribution in [0.25, 0.3) is 0 Å². The molecule has 0 heterocycles. The van der Waals surface area contributed by atoms with Gasteiger partial charge >= 0.3 is 0 Å². The summed E-state index contributed by atoms with van der Waals surface area (Å²) in [7, 11) is 0. The Labute approximate surface area is 128 Å². The summed E-state index contributed by atoms with van der Waals surface area (Å²) in [6.07, 6.45) is 0.903. The van der Waals surface area contributed by atoms with Crippen LogP contribution in [0.3, 0.4) is 0 Å². The molecule has 0 atom stereocenters. The van der Waals surface area contributed by atoms with Gasteiger partial charge in [-0.15, -0.1) is 0 Å². The van der Waals surface area contributed by atoms with Crippen molar-refractivity contribution in [1.29, 1.82) is 0 Å². The van der Waals surface area contributed by atoms with E-state index in [1.165, 1.54) is 15.4 Å². The van der Waals surface area contributed by atoms with Gasteiger partial charge in [-0.05, 0) is 58.7 Å². The quantitative estimate of drug-likeness (QED) is 0.811. The van der Waals surface area contributed by atoms with Gasteiger partial charge in [0.1, 0.15) is 0 Å². The normalized spacial score (nSPS) is 10.6. The fourth-order valence-electron chi connectivity index (χ4n) is 1.63. The second-order valence-electron chi connectivity index (χ2n) is 3.82. The molecular weight excluding hydrogens is 374 g/mol. The summed E-state index contributed by atoms with van der Waals surface area (Å²) in [6, 6.07) is 14.6. The van der Waals surface area contributed by atoms with Crippen molar-refractivity contribution in [3.05, 3.63) is 57.0 Å². The van der Waals surface area contributed by atoms with E-state index in [1.54, 1.807) is 11.8 Å². The second kappa shape index (κ2) is 6.75. The van der Waals surface area contributed by atoms with E-state index in [-0.39, 0.29) is 0 Å². The number of halogens is 2. The highest BCUT2D eigenvalue weighted by atomic mass is 79.9. The summed E-state index contributed by atoms with van der Waals surface area (Å²) in [5.41, 5.74) is 6.95. The Morgan fingerprint density at radius 1 is 1.00 bits per heavy atom. The smallest absolute Gasteiger partial charge is 0.0314 e. The standard InChI is InChI=1S/C14H13Br2NS/c15-11-6-5-10(7-8-17)14(9-11)18-13-4-2-1-3-12(13)16/h1-6,9H,7-8,17H2. The number of hydrogen-bond donors (Lipinski definition) is 1. The summed E-state index contributed by atoms with van der Waals surface area (Å²) >= 11 is 8.86. The van der Waals surface area contributed by atoms with E-state index in [4.69, 9.17) is 5.73 Å². The van der Waals surface area contributed by atoms with Gasteiger partial charge in [0.2, 0.25) is 0 Å². The molecule has 94 valence electrons. The van der Waals surface area contributed by atoms with E-state index < -0.39 is 0 Å². The van der Waals surface area contributed by atoms with E-state index in [0.29, 0.717) is 6.54 Å². The van der Waals surface area contributed by atoms with Crippen LogP contribution in [0.4, 0.5) is 0 Å². The molecule has 18 heavy (non-hydrogen) atoms. The first-order valence-corrected chi connectivity index (χ1v) is 8.02. The van der Waals surface area contributed by atoms with Crippen LogP contribution in [-0.4, -0.2) is 6.54 Å². The Morgan fingerprint density at radius 2 is 1.78 bits per heavy atom. The Hall–Kier alpha value is -0.290. The molecule has 0 aliphatic rings. The third-order valence-corrected chi connectivity index (χ3v) is 5.12. The molecule has 0 amide bonds. The predicted molar refractivity (Wildman–Crippen MR) is 85.2 cm³/mol. The first-order valence-electron chi connectivity index (χ1n) is 5.61. The molecule has 2 aromatic carbocycles. The molecule has 0 fully saturated rings. The summed E-state index contributed by atoms with van der Waals surface area (Å²) in [4.78, 5) is 2.47. The molecule has 0 bridgehead atoms. The lowest BCUT2D eigenvalue weighted by molar-refractivity contribution is 0.943. The molecule has 2 rings (SSSR count). The number of nitrogens with two attached hydrogens (primary N) is 1. The molecule has 4 heteroatoms. The maximum absolute atomic E-state index is 5.66. The van der Waals surface area contributed by atoms with Gasteiger partial charge in [0.15, 0.2) is 0 Å². The minimum absolute atomic E-state index is 0.672. The monoisotopic (exact) mass is 385 g/mol. The Kier molecular flexibility index (Phi) is 5.30. The van der Waals surface area contributed by atoms with Gasteiger partial charge in [0.25, 0.3) is 0 Å². The highest BCUT2D eigenvalue weighted by molar-refractivity contribution is 9.10. The molecular formula is C14H13Br2NS. The van der Waals surface area contributed by atoms with Gasteiger partial charge in [0.05, 0.1) is 0 Å². The van der Waals surface area contributed by atoms with Crippen LogP contribution in [0.15, 0.2) is 61.2 Å². The van der Waals surface area contributed by atoms with Crippen LogP contribution in [0.1, 0.15) is 5.56 Å². The van der Waals surface area contributed by atoms with Crippen molar-refractivity contribution < 1.29 is 0 Å². The Balaban J connectivity index is 2.33. The first-order chi connectivity index (χ1) is 8.70. The fourth-order valence-corrected chi connectivity index (χ4v) is 3.71. The highest BCUT2D eigenvalue weighted by Crippen LogP contribution is 2.36. The van der Waals surface area contributed by atoms with Gasteiger partial charge < -0.3 is 5.73 Å². The van der Waals surface area contributed by atoms with E-state index in [9.17, 15) is 0 Å². The van der Waals surface area contributed by atoms with Crippen LogP contribution < -0.4 is 5.73 Å². The second-order valence-corrected chi connectivity index (χ2v) is 6.68. The minimum Gasteiger partial charge on any atom is -0.330 e. The van der Waals surface area contributed by atoms with Gasteiger partial charge in [0, 0.05) is 18.7 Å². The lowest BCUT2D eigenvalue weighted by Gasteiger charge is -2.10. The van der Waals surface area contributed by atoms with Crippen molar-refractivity contribution in [2.75, 3.05) is 6.54 Å². The van der Waals surface area contributed by atoms with Crippen LogP contribution in [0.2, 0.25) is 0 Å². The fraction of sp³-hybridized carbons (Fsp3) is 0.143. The lowest BCUT2D eigenvalue weighted by Crippen LogP contribution is -2.03. The third kappa shape index (κ3) is 3.60. The van der Waals surface area contributed by atoms with E-state index in [0.717, 1.165) is 15.4 Å². The zero-order chi connectivity index (χ0) is 13.0. The number of rotatable bonds is 4.